The van der Waals surface area contributed by atoms with E-state index in [9.17, 15) is 10.1 Å². The van der Waals surface area contributed by atoms with Crippen LogP contribution in [0.25, 0.3) is 0 Å². The van der Waals surface area contributed by atoms with Gasteiger partial charge in [-0.15, -0.1) is 0 Å². The molecule has 0 aromatic heterocycles. The number of Topliss-reactive ketones (excluding diaryl/α,β-unsaturated/α-hetero) is 1. The van der Waals surface area contributed by atoms with Crippen molar-refractivity contribution in [1.82, 2.24) is 4.90 Å². The summed E-state index contributed by atoms with van der Waals surface area (Å²) in [7, 11) is 1.61. The minimum atomic E-state index is -0.595. The van der Waals surface area contributed by atoms with Gasteiger partial charge in [0.25, 0.3) is 0 Å². The zero-order chi connectivity index (χ0) is 26.0. The molecule has 188 valence electrons. The van der Waals surface area contributed by atoms with Crippen molar-refractivity contribution < 1.29 is 14.3 Å². The number of ether oxygens (including phenoxy) is 2. The van der Waals surface area contributed by atoms with Gasteiger partial charge in [0, 0.05) is 41.9 Å². The van der Waals surface area contributed by atoms with Crippen LogP contribution in [-0.4, -0.2) is 30.9 Å². The zero-order valence-electron chi connectivity index (χ0n) is 20.6. The molecule has 8 heteroatoms. The Morgan fingerprint density at radius 3 is 2.58 bits per heavy atom. The average Bonchev–Trinajstić information content (AvgIpc) is 2.82. The molecule has 36 heavy (non-hydrogen) atoms. The van der Waals surface area contributed by atoms with Gasteiger partial charge >= 0.3 is 0 Å². The number of hydrogen-bond acceptors (Lipinski definition) is 6. The topological polar surface area (TPSA) is 88.6 Å². The highest BCUT2D eigenvalue weighted by molar-refractivity contribution is 6.32. The van der Waals surface area contributed by atoms with Crippen molar-refractivity contribution in [1.29, 1.82) is 5.26 Å². The van der Waals surface area contributed by atoms with E-state index in [1.165, 1.54) is 0 Å². The Hall–Kier alpha value is -2.98. The van der Waals surface area contributed by atoms with Crippen LogP contribution in [0.3, 0.4) is 0 Å². The van der Waals surface area contributed by atoms with Crippen LogP contribution >= 0.6 is 23.2 Å². The number of rotatable bonds is 7. The number of methoxy groups -OCH3 is 1. The highest BCUT2D eigenvalue weighted by Crippen LogP contribution is 2.49. The maximum Gasteiger partial charge on any atom is 0.162 e. The average molecular weight is 526 g/mol. The smallest absolute Gasteiger partial charge is 0.162 e. The largest absolute Gasteiger partial charge is 0.487 e. The van der Waals surface area contributed by atoms with Crippen molar-refractivity contribution in [3.8, 4) is 11.8 Å². The van der Waals surface area contributed by atoms with Gasteiger partial charge in [-0.05, 0) is 35.6 Å². The molecule has 1 heterocycles. The Bertz CT molecular complexity index is 1290. The SMILES string of the molecule is COCCN1C(N)=C(C#N)[C@H](c2ccc(OCc3ccccc3Cl)c(Cl)c2)C2=C1CC(C)(C)CC2=O. The van der Waals surface area contributed by atoms with Gasteiger partial charge in [0.2, 0.25) is 0 Å². The first-order chi connectivity index (χ1) is 17.2. The van der Waals surface area contributed by atoms with Crippen LogP contribution in [0.1, 0.15) is 43.7 Å². The highest BCUT2D eigenvalue weighted by Gasteiger charge is 2.44. The molecular formula is C28H29Cl2N3O3. The number of hydrogen-bond donors (Lipinski definition) is 1. The van der Waals surface area contributed by atoms with Crippen molar-refractivity contribution in [3.05, 3.63) is 86.3 Å². The summed E-state index contributed by atoms with van der Waals surface area (Å²) < 4.78 is 11.2. The van der Waals surface area contributed by atoms with Crippen molar-refractivity contribution in [3.63, 3.8) is 0 Å². The summed E-state index contributed by atoms with van der Waals surface area (Å²) in [6, 6.07) is 15.1. The van der Waals surface area contributed by atoms with Gasteiger partial charge < -0.3 is 20.1 Å². The number of nitrogens with two attached hydrogens (primary N) is 1. The van der Waals surface area contributed by atoms with E-state index in [1.54, 1.807) is 25.3 Å². The van der Waals surface area contributed by atoms with E-state index in [0.29, 0.717) is 58.8 Å². The van der Waals surface area contributed by atoms with E-state index in [1.807, 2.05) is 29.2 Å². The second kappa shape index (κ2) is 10.6. The number of nitriles is 1. The maximum absolute atomic E-state index is 13.5. The second-order valence-electron chi connectivity index (χ2n) is 9.86. The minimum absolute atomic E-state index is 0.0177. The van der Waals surface area contributed by atoms with Crippen LogP contribution in [0.5, 0.6) is 5.75 Å². The maximum atomic E-state index is 13.5. The first-order valence-corrected chi connectivity index (χ1v) is 12.5. The molecule has 2 N–H and O–H groups in total. The summed E-state index contributed by atoms with van der Waals surface area (Å²) in [5.41, 5.74) is 9.69. The Kier molecular flexibility index (Phi) is 7.65. The van der Waals surface area contributed by atoms with Gasteiger partial charge in [0.1, 0.15) is 18.2 Å². The van der Waals surface area contributed by atoms with Crippen LogP contribution < -0.4 is 10.5 Å². The lowest BCUT2D eigenvalue weighted by Gasteiger charge is -2.43. The van der Waals surface area contributed by atoms with Crippen molar-refractivity contribution in [2.75, 3.05) is 20.3 Å². The molecule has 0 radical (unpaired) electrons. The number of nitrogens with zero attached hydrogens (tertiary/aromatic N) is 2. The summed E-state index contributed by atoms with van der Waals surface area (Å²) in [6.07, 6.45) is 1.06. The predicted molar refractivity (Wildman–Crippen MR) is 140 cm³/mol. The second-order valence-corrected chi connectivity index (χ2v) is 10.7. The standard InChI is InChI=1S/C28H29Cl2N3O3/c1-28(2)13-22-26(23(34)14-28)25(19(15-31)27(32)33(22)10-11-35-3)17-8-9-24(21(30)12-17)36-16-18-6-4-5-7-20(18)29/h4-9,12,25H,10-11,13-14,16,32H2,1-3H3/t25-/m0/s1. The first-order valence-electron chi connectivity index (χ1n) is 11.7. The van der Waals surface area contributed by atoms with E-state index >= 15 is 0 Å². The lowest BCUT2D eigenvalue weighted by atomic mass is 9.68. The molecule has 1 aliphatic carbocycles. The van der Waals surface area contributed by atoms with Gasteiger partial charge in [-0.25, -0.2) is 0 Å². The molecule has 1 aliphatic heterocycles. The fraction of sp³-hybridized carbons (Fsp3) is 0.357. The number of benzene rings is 2. The van der Waals surface area contributed by atoms with Gasteiger partial charge in [0.05, 0.1) is 29.2 Å². The minimum Gasteiger partial charge on any atom is -0.487 e. The number of carbonyl (C=O) groups excluding carboxylic acids is 1. The number of halogens is 2. The first kappa shape index (κ1) is 26.1. The molecule has 0 saturated heterocycles. The molecule has 2 aliphatic rings. The van der Waals surface area contributed by atoms with Gasteiger partial charge in [-0.2, -0.15) is 5.26 Å². The molecular weight excluding hydrogens is 497 g/mol. The summed E-state index contributed by atoms with van der Waals surface area (Å²) in [4.78, 5) is 15.4. The van der Waals surface area contributed by atoms with Crippen LogP contribution in [0.4, 0.5) is 0 Å². The molecule has 2 aromatic carbocycles. The lowest BCUT2D eigenvalue weighted by Crippen LogP contribution is -2.43. The van der Waals surface area contributed by atoms with E-state index < -0.39 is 5.92 Å². The summed E-state index contributed by atoms with van der Waals surface area (Å²) in [5.74, 6) is 0.254. The fourth-order valence-electron chi connectivity index (χ4n) is 4.93. The molecule has 0 fully saturated rings. The van der Waals surface area contributed by atoms with Gasteiger partial charge in [0.15, 0.2) is 5.78 Å². The van der Waals surface area contributed by atoms with E-state index in [2.05, 4.69) is 19.9 Å². The number of carbonyl (C=O) groups is 1. The molecule has 2 aromatic rings. The third kappa shape index (κ3) is 5.10. The Balaban J connectivity index is 1.73. The van der Waals surface area contributed by atoms with E-state index in [0.717, 1.165) is 16.8 Å². The predicted octanol–water partition coefficient (Wildman–Crippen LogP) is 5.96. The lowest BCUT2D eigenvalue weighted by molar-refractivity contribution is -0.118. The highest BCUT2D eigenvalue weighted by atomic mass is 35.5. The molecule has 4 rings (SSSR count). The molecule has 1 atom stereocenters. The monoisotopic (exact) mass is 525 g/mol. The quantitative estimate of drug-likeness (QED) is 0.479. The van der Waals surface area contributed by atoms with Crippen molar-refractivity contribution in [2.45, 2.75) is 39.2 Å². The van der Waals surface area contributed by atoms with Crippen LogP contribution in [0.15, 0.2) is 65.1 Å². The Morgan fingerprint density at radius 1 is 1.17 bits per heavy atom. The molecule has 0 amide bonds. The Morgan fingerprint density at radius 2 is 1.92 bits per heavy atom. The van der Waals surface area contributed by atoms with Crippen molar-refractivity contribution >= 4 is 29.0 Å². The molecule has 0 bridgehead atoms. The van der Waals surface area contributed by atoms with Crippen molar-refractivity contribution in [2.24, 2.45) is 11.1 Å². The summed E-state index contributed by atoms with van der Waals surface area (Å²) in [6.45, 7) is 5.27. The van der Waals surface area contributed by atoms with E-state index in [4.69, 9.17) is 38.4 Å². The van der Waals surface area contributed by atoms with Crippen LogP contribution in [0, 0.1) is 16.7 Å². The molecule has 0 saturated carbocycles. The number of ketones is 1. The fourth-order valence-corrected chi connectivity index (χ4v) is 5.36. The normalized spacial score (nSPS) is 19.3. The molecule has 0 spiro atoms. The van der Waals surface area contributed by atoms with Crippen LogP contribution in [0.2, 0.25) is 10.0 Å². The van der Waals surface area contributed by atoms with Gasteiger partial charge in [-0.3, -0.25) is 4.79 Å². The summed E-state index contributed by atoms with van der Waals surface area (Å²) >= 11 is 12.9. The third-order valence-corrected chi connectivity index (χ3v) is 7.30. The zero-order valence-corrected chi connectivity index (χ0v) is 22.1. The van der Waals surface area contributed by atoms with Crippen LogP contribution in [-0.2, 0) is 16.1 Å². The number of allylic oxidation sites excluding steroid dienone is 3. The third-order valence-electron chi connectivity index (χ3n) is 6.64. The summed E-state index contributed by atoms with van der Waals surface area (Å²) in [5, 5.41) is 11.1. The Labute approximate surface area is 221 Å². The van der Waals surface area contributed by atoms with Gasteiger partial charge in [-0.1, -0.05) is 61.3 Å². The van der Waals surface area contributed by atoms with E-state index in [-0.39, 0.29) is 17.8 Å². The molecule has 0 unspecified atom stereocenters. The molecule has 6 nitrogen and oxygen atoms in total.